The molecule has 1 aliphatic rings. The van der Waals surface area contributed by atoms with Gasteiger partial charge in [0.15, 0.2) is 0 Å². The van der Waals surface area contributed by atoms with E-state index in [4.69, 9.17) is 0 Å². The summed E-state index contributed by atoms with van der Waals surface area (Å²) in [6, 6.07) is 4.12. The molecule has 0 N–H and O–H groups in total. The molecule has 21 heavy (non-hydrogen) atoms. The van der Waals surface area contributed by atoms with Crippen LogP contribution >= 0.6 is 48.0 Å². The van der Waals surface area contributed by atoms with Gasteiger partial charge in [-0.05, 0) is 17.7 Å². The largest absolute Gasteiger partial charge is 0.416 e. The number of carbonyl (C=O) groups is 2. The van der Waals surface area contributed by atoms with E-state index in [1.165, 1.54) is 6.07 Å². The first-order chi connectivity index (χ1) is 9.66. The molecule has 2 amide bonds. The van der Waals surface area contributed by atoms with E-state index >= 15 is 0 Å². The second kappa shape index (κ2) is 7.73. The molecule has 0 unspecified atom stereocenters. The van der Waals surface area contributed by atoms with Crippen LogP contribution in [0.25, 0.3) is 0 Å². The van der Waals surface area contributed by atoms with Crippen molar-refractivity contribution < 1.29 is 22.8 Å². The molecule has 0 atom stereocenters. The van der Waals surface area contributed by atoms with Crippen molar-refractivity contribution in [3.63, 3.8) is 0 Å². The summed E-state index contributed by atoms with van der Waals surface area (Å²) >= 11 is 8.82. The molecule has 2 rings (SSSR count). The van der Waals surface area contributed by atoms with Gasteiger partial charge >= 0.3 is 6.18 Å². The van der Waals surface area contributed by atoms with Gasteiger partial charge in [-0.3, -0.25) is 9.59 Å². The maximum atomic E-state index is 12.4. The molecule has 9 heteroatoms. The highest BCUT2D eigenvalue weighted by Gasteiger charge is 2.33. The predicted octanol–water partition coefficient (Wildman–Crippen LogP) is 4.81. The first kappa shape index (κ1) is 18.6. The third-order valence-electron chi connectivity index (χ3n) is 2.51. The van der Waals surface area contributed by atoms with Gasteiger partial charge in [0.25, 0.3) is 0 Å². The van der Waals surface area contributed by atoms with E-state index in [2.05, 4.69) is 48.0 Å². The highest BCUT2D eigenvalue weighted by molar-refractivity contribution is 9.10. The van der Waals surface area contributed by atoms with Crippen molar-refractivity contribution in [3.05, 3.63) is 33.8 Å². The maximum absolute atomic E-state index is 12.4. The van der Waals surface area contributed by atoms with Crippen LogP contribution in [0.15, 0.2) is 22.7 Å². The lowest BCUT2D eigenvalue weighted by Gasteiger charge is -2.11. The molecule has 0 radical (unpaired) electrons. The summed E-state index contributed by atoms with van der Waals surface area (Å²) in [4.78, 5) is 20.9. The molecule has 1 aromatic carbocycles. The molecule has 1 fully saturated rings. The van der Waals surface area contributed by atoms with E-state index in [0.717, 1.165) is 9.99 Å². The van der Waals surface area contributed by atoms with Gasteiger partial charge < -0.3 is 0 Å². The molecule has 1 saturated heterocycles. The topological polar surface area (TPSA) is 37.4 Å². The van der Waals surface area contributed by atoms with E-state index in [1.54, 1.807) is 6.07 Å². The molecule has 0 saturated carbocycles. The number of benzene rings is 1. The van der Waals surface area contributed by atoms with Gasteiger partial charge in [0.05, 0.1) is 21.7 Å². The third-order valence-corrected chi connectivity index (χ3v) is 4.40. The Kier molecular flexibility index (Phi) is 6.86. The normalized spacial score (nSPS) is 15.0. The fraction of sp³-hybridized carbons (Fsp3) is 0.333. The summed E-state index contributed by atoms with van der Waals surface area (Å²) in [6.45, 7) is 0. The zero-order valence-corrected chi connectivity index (χ0v) is 15.1. The molecule has 1 aliphatic heterocycles. The Morgan fingerprint density at radius 3 is 2.00 bits per heavy atom. The van der Waals surface area contributed by atoms with Gasteiger partial charge in [-0.1, -0.05) is 37.9 Å². The molecular weight excluding hydrogens is 487 g/mol. The van der Waals surface area contributed by atoms with Crippen molar-refractivity contribution in [1.82, 2.24) is 3.93 Å². The standard InChI is InChI=1S/C8H5Br2F3.C4H4BrNO2/c9-4-5-1-2-6(10)3-7(5)8(11,12)13;5-6-3(7)1-2-4(6)8/h1-3H,4H2;1-2H2. The Bertz CT molecular complexity index is 533. The van der Waals surface area contributed by atoms with E-state index < -0.39 is 11.7 Å². The van der Waals surface area contributed by atoms with E-state index in [1.807, 2.05) is 0 Å². The molecule has 0 aliphatic carbocycles. The Labute approximate surface area is 144 Å². The lowest BCUT2D eigenvalue weighted by molar-refractivity contribution is -0.138. The van der Waals surface area contributed by atoms with Gasteiger partial charge in [-0.15, -0.1) is 0 Å². The fourth-order valence-corrected chi connectivity index (χ4v) is 2.68. The highest BCUT2D eigenvalue weighted by Crippen LogP contribution is 2.34. The summed E-state index contributed by atoms with van der Waals surface area (Å²) in [7, 11) is 0. The molecule has 3 nitrogen and oxygen atoms in total. The quantitative estimate of drug-likeness (QED) is 0.318. The lowest BCUT2D eigenvalue weighted by atomic mass is 10.1. The zero-order chi connectivity index (χ0) is 16.2. The average Bonchev–Trinajstić information content (AvgIpc) is 2.70. The number of rotatable bonds is 1. The van der Waals surface area contributed by atoms with Crippen molar-refractivity contribution in [2.75, 3.05) is 0 Å². The maximum Gasteiger partial charge on any atom is 0.416 e. The minimum atomic E-state index is -4.28. The summed E-state index contributed by atoms with van der Waals surface area (Å²) in [6.07, 6.45) is -3.58. The molecular formula is C12H9Br3F3NO2. The lowest BCUT2D eigenvalue weighted by Crippen LogP contribution is -2.16. The van der Waals surface area contributed by atoms with Crippen LogP contribution in [-0.4, -0.2) is 15.7 Å². The molecule has 1 heterocycles. The predicted molar refractivity (Wildman–Crippen MR) is 81.8 cm³/mol. The number of hydrogen-bond acceptors (Lipinski definition) is 2. The molecule has 116 valence electrons. The van der Waals surface area contributed by atoms with Gasteiger partial charge in [-0.25, -0.2) is 3.93 Å². The number of carbonyl (C=O) groups excluding carboxylic acids is 2. The Morgan fingerprint density at radius 1 is 1.14 bits per heavy atom. The molecule has 0 aromatic heterocycles. The van der Waals surface area contributed by atoms with Crippen LogP contribution < -0.4 is 0 Å². The number of nitrogens with zero attached hydrogens (tertiary/aromatic N) is 1. The number of amides is 2. The van der Waals surface area contributed by atoms with Crippen molar-refractivity contribution in [1.29, 1.82) is 0 Å². The van der Waals surface area contributed by atoms with Gasteiger partial charge in [-0.2, -0.15) is 13.2 Å². The minimum Gasteiger partial charge on any atom is -0.274 e. The van der Waals surface area contributed by atoms with E-state index in [-0.39, 0.29) is 22.7 Å². The van der Waals surface area contributed by atoms with Crippen molar-refractivity contribution in [2.24, 2.45) is 0 Å². The van der Waals surface area contributed by atoms with Crippen LogP contribution in [0.5, 0.6) is 0 Å². The number of halogens is 6. The van der Waals surface area contributed by atoms with Crippen LogP contribution in [0.1, 0.15) is 24.0 Å². The van der Waals surface area contributed by atoms with E-state index in [0.29, 0.717) is 17.3 Å². The Balaban J connectivity index is 0.000000235. The number of hydrogen-bond donors (Lipinski definition) is 0. The van der Waals surface area contributed by atoms with Crippen molar-refractivity contribution in [3.8, 4) is 0 Å². The van der Waals surface area contributed by atoms with Crippen LogP contribution in [0.2, 0.25) is 0 Å². The minimum absolute atomic E-state index is 0.144. The first-order valence-electron chi connectivity index (χ1n) is 5.60. The Hall–Kier alpha value is -0.410. The van der Waals surface area contributed by atoms with Gasteiger partial charge in [0, 0.05) is 22.6 Å². The van der Waals surface area contributed by atoms with Crippen LogP contribution in [0.4, 0.5) is 13.2 Å². The van der Waals surface area contributed by atoms with Crippen LogP contribution in [0, 0.1) is 0 Å². The average molecular weight is 496 g/mol. The van der Waals surface area contributed by atoms with Gasteiger partial charge in [0.2, 0.25) is 11.8 Å². The summed E-state index contributed by atoms with van der Waals surface area (Å²) < 4.78 is 38.5. The van der Waals surface area contributed by atoms with Crippen LogP contribution in [0.3, 0.4) is 0 Å². The summed E-state index contributed by atoms with van der Waals surface area (Å²) in [5, 5.41) is 0.203. The summed E-state index contributed by atoms with van der Waals surface area (Å²) in [5.74, 6) is -0.287. The second-order valence-electron chi connectivity index (χ2n) is 4.00. The molecule has 1 aromatic rings. The highest BCUT2D eigenvalue weighted by atomic mass is 79.9. The number of alkyl halides is 4. The molecule has 0 spiro atoms. The third kappa shape index (κ3) is 5.37. The van der Waals surface area contributed by atoms with E-state index in [9.17, 15) is 22.8 Å². The SMILES string of the molecule is FC(F)(F)c1cc(Br)ccc1CBr.O=C1CCC(=O)N1Br. The Morgan fingerprint density at radius 2 is 1.67 bits per heavy atom. The first-order valence-corrected chi connectivity index (χ1v) is 8.22. The van der Waals surface area contributed by atoms with Crippen molar-refractivity contribution in [2.45, 2.75) is 24.3 Å². The van der Waals surface area contributed by atoms with Crippen molar-refractivity contribution >= 4 is 59.8 Å². The van der Waals surface area contributed by atoms with Gasteiger partial charge in [0.1, 0.15) is 0 Å². The smallest absolute Gasteiger partial charge is 0.274 e. The number of imide groups is 1. The second-order valence-corrected chi connectivity index (χ2v) is 6.19. The monoisotopic (exact) mass is 493 g/mol. The zero-order valence-electron chi connectivity index (χ0n) is 10.4. The fourth-order valence-electron chi connectivity index (χ4n) is 1.48. The summed E-state index contributed by atoms with van der Waals surface area (Å²) in [5.41, 5.74) is -0.352. The molecule has 0 bridgehead atoms. The van der Waals surface area contributed by atoms with Crippen LogP contribution in [-0.2, 0) is 21.1 Å².